The Bertz CT molecular complexity index is 377. The molecule has 16 heavy (non-hydrogen) atoms. The number of ether oxygens (including phenoxy) is 1. The highest BCUT2D eigenvalue weighted by Gasteiger charge is 2.23. The van der Waals surface area contributed by atoms with Crippen LogP contribution in [0.15, 0.2) is 24.3 Å². The summed E-state index contributed by atoms with van der Waals surface area (Å²) in [4.78, 5) is 13.9. The molecule has 1 aromatic carbocycles. The van der Waals surface area contributed by atoms with Crippen LogP contribution in [0.5, 0.6) is 0 Å². The second kappa shape index (κ2) is 5.14. The number of halogens is 1. The third-order valence-corrected chi connectivity index (χ3v) is 3.42. The molecular formula is C12H14INO2. The fourth-order valence-electron chi connectivity index (χ4n) is 1.80. The zero-order valence-corrected chi connectivity index (χ0v) is 11.3. The first kappa shape index (κ1) is 11.9. The highest BCUT2D eigenvalue weighted by atomic mass is 127. The van der Waals surface area contributed by atoms with E-state index in [0.29, 0.717) is 5.56 Å². The Morgan fingerprint density at radius 3 is 2.69 bits per heavy atom. The Hall–Kier alpha value is -0.620. The summed E-state index contributed by atoms with van der Waals surface area (Å²) < 4.78 is 6.54. The smallest absolute Gasteiger partial charge is 0.338 e. The van der Waals surface area contributed by atoms with Gasteiger partial charge in [0, 0.05) is 16.7 Å². The fraction of sp³-hybridized carbons (Fsp3) is 0.417. The minimum absolute atomic E-state index is 0.0526. The van der Waals surface area contributed by atoms with E-state index in [4.69, 9.17) is 4.74 Å². The zero-order valence-electron chi connectivity index (χ0n) is 9.15. The molecule has 0 radical (unpaired) electrons. The molecule has 0 spiro atoms. The van der Waals surface area contributed by atoms with Gasteiger partial charge in [-0.25, -0.2) is 4.79 Å². The van der Waals surface area contributed by atoms with E-state index in [0.717, 1.165) is 23.1 Å². The summed E-state index contributed by atoms with van der Waals surface area (Å²) in [5.41, 5.74) is 0.634. The first-order valence-electron chi connectivity index (χ1n) is 5.30. The number of nitrogens with zero attached hydrogens (tertiary/aromatic N) is 1. The fourth-order valence-corrected chi connectivity index (χ4v) is 2.16. The van der Waals surface area contributed by atoms with Crippen molar-refractivity contribution in [2.75, 3.05) is 20.1 Å². The van der Waals surface area contributed by atoms with Crippen LogP contribution in [0.2, 0.25) is 0 Å². The average Bonchev–Trinajstić information content (AvgIpc) is 2.65. The van der Waals surface area contributed by atoms with E-state index in [1.54, 1.807) is 0 Å². The number of hydrogen-bond acceptors (Lipinski definition) is 3. The highest BCUT2D eigenvalue weighted by Crippen LogP contribution is 2.14. The molecule has 86 valence electrons. The van der Waals surface area contributed by atoms with Gasteiger partial charge in [-0.1, -0.05) is 0 Å². The third-order valence-electron chi connectivity index (χ3n) is 2.70. The number of rotatable bonds is 2. The van der Waals surface area contributed by atoms with Crippen LogP contribution < -0.4 is 0 Å². The predicted octanol–water partition coefficient (Wildman–Crippen LogP) is 2.15. The maximum absolute atomic E-state index is 11.8. The third kappa shape index (κ3) is 2.95. The second-order valence-electron chi connectivity index (χ2n) is 4.09. The van der Waals surface area contributed by atoms with E-state index in [1.807, 2.05) is 31.3 Å². The Morgan fingerprint density at radius 1 is 1.44 bits per heavy atom. The average molecular weight is 331 g/mol. The van der Waals surface area contributed by atoms with Crippen molar-refractivity contribution in [3.63, 3.8) is 0 Å². The van der Waals surface area contributed by atoms with Crippen molar-refractivity contribution in [2.24, 2.45) is 0 Å². The lowest BCUT2D eigenvalue weighted by Gasteiger charge is -2.12. The van der Waals surface area contributed by atoms with Gasteiger partial charge in [0.2, 0.25) is 0 Å². The van der Waals surface area contributed by atoms with Crippen LogP contribution in [-0.2, 0) is 4.74 Å². The largest absolute Gasteiger partial charge is 0.457 e. The van der Waals surface area contributed by atoms with E-state index in [2.05, 4.69) is 27.5 Å². The van der Waals surface area contributed by atoms with E-state index < -0.39 is 0 Å². The molecule has 0 aliphatic carbocycles. The van der Waals surface area contributed by atoms with Crippen LogP contribution in [-0.4, -0.2) is 37.1 Å². The molecule has 0 N–H and O–H groups in total. The SMILES string of the molecule is CN1CCC(OC(=O)c2ccc(I)cc2)C1. The van der Waals surface area contributed by atoms with Gasteiger partial charge in [0.05, 0.1) is 5.56 Å². The van der Waals surface area contributed by atoms with Gasteiger partial charge in [-0.15, -0.1) is 0 Å². The van der Waals surface area contributed by atoms with Crippen LogP contribution >= 0.6 is 22.6 Å². The minimum atomic E-state index is -0.211. The predicted molar refractivity (Wildman–Crippen MR) is 70.5 cm³/mol. The van der Waals surface area contributed by atoms with Gasteiger partial charge in [-0.3, -0.25) is 0 Å². The van der Waals surface area contributed by atoms with Crippen molar-refractivity contribution in [3.05, 3.63) is 33.4 Å². The maximum atomic E-state index is 11.8. The van der Waals surface area contributed by atoms with Crippen molar-refractivity contribution in [1.82, 2.24) is 4.90 Å². The lowest BCUT2D eigenvalue weighted by molar-refractivity contribution is 0.0327. The standard InChI is InChI=1S/C12H14INO2/c1-14-7-6-11(8-14)16-12(15)9-2-4-10(13)5-3-9/h2-5,11H,6-8H2,1H3. The molecule has 1 saturated heterocycles. The molecule has 1 aliphatic rings. The van der Waals surface area contributed by atoms with Crippen molar-refractivity contribution in [2.45, 2.75) is 12.5 Å². The quantitative estimate of drug-likeness (QED) is 0.614. The maximum Gasteiger partial charge on any atom is 0.338 e. The van der Waals surface area contributed by atoms with E-state index in [1.165, 1.54) is 0 Å². The molecule has 1 unspecified atom stereocenters. The molecule has 1 heterocycles. The lowest BCUT2D eigenvalue weighted by atomic mass is 10.2. The van der Waals surface area contributed by atoms with Crippen molar-refractivity contribution in [1.29, 1.82) is 0 Å². The molecule has 1 fully saturated rings. The van der Waals surface area contributed by atoms with Crippen LogP contribution in [0.1, 0.15) is 16.8 Å². The number of carbonyl (C=O) groups excluding carboxylic acids is 1. The summed E-state index contributed by atoms with van der Waals surface area (Å²) in [6.45, 7) is 1.85. The van der Waals surface area contributed by atoms with Gasteiger partial charge in [0.1, 0.15) is 6.10 Å². The molecule has 1 atom stereocenters. The number of benzene rings is 1. The van der Waals surface area contributed by atoms with Crippen molar-refractivity contribution < 1.29 is 9.53 Å². The molecule has 2 rings (SSSR count). The molecule has 0 saturated carbocycles. The lowest BCUT2D eigenvalue weighted by Crippen LogP contribution is -2.22. The molecule has 0 amide bonds. The van der Waals surface area contributed by atoms with Gasteiger partial charge in [-0.05, 0) is 60.3 Å². The van der Waals surface area contributed by atoms with E-state index in [-0.39, 0.29) is 12.1 Å². The summed E-state index contributed by atoms with van der Waals surface area (Å²) >= 11 is 2.21. The number of carbonyl (C=O) groups is 1. The molecule has 4 heteroatoms. The topological polar surface area (TPSA) is 29.5 Å². The normalized spacial score (nSPS) is 21.0. The van der Waals surface area contributed by atoms with Crippen LogP contribution in [0, 0.1) is 3.57 Å². The Labute approximate surface area is 109 Å². The second-order valence-corrected chi connectivity index (χ2v) is 5.33. The van der Waals surface area contributed by atoms with Gasteiger partial charge in [-0.2, -0.15) is 0 Å². The van der Waals surface area contributed by atoms with Crippen molar-refractivity contribution >= 4 is 28.6 Å². The minimum Gasteiger partial charge on any atom is -0.457 e. The Kier molecular flexibility index (Phi) is 3.81. The van der Waals surface area contributed by atoms with Gasteiger partial charge in [0.25, 0.3) is 0 Å². The number of likely N-dealkylation sites (tertiary alicyclic amines) is 1. The number of esters is 1. The summed E-state index contributed by atoms with van der Waals surface area (Å²) in [6, 6.07) is 7.45. The molecule has 3 nitrogen and oxygen atoms in total. The summed E-state index contributed by atoms with van der Waals surface area (Å²) in [7, 11) is 2.04. The summed E-state index contributed by atoms with van der Waals surface area (Å²) in [6.07, 6.45) is 0.990. The Balaban J connectivity index is 1.95. The Morgan fingerprint density at radius 2 is 2.12 bits per heavy atom. The van der Waals surface area contributed by atoms with Gasteiger partial charge in [0.15, 0.2) is 0 Å². The first-order chi connectivity index (χ1) is 7.65. The van der Waals surface area contributed by atoms with Crippen LogP contribution in [0.4, 0.5) is 0 Å². The summed E-state index contributed by atoms with van der Waals surface area (Å²) in [5, 5.41) is 0. The van der Waals surface area contributed by atoms with Crippen molar-refractivity contribution in [3.8, 4) is 0 Å². The molecule has 1 aromatic rings. The van der Waals surface area contributed by atoms with E-state index >= 15 is 0 Å². The number of hydrogen-bond donors (Lipinski definition) is 0. The van der Waals surface area contributed by atoms with Crippen LogP contribution in [0.3, 0.4) is 0 Å². The molecular weight excluding hydrogens is 317 g/mol. The monoisotopic (exact) mass is 331 g/mol. The van der Waals surface area contributed by atoms with Crippen LogP contribution in [0.25, 0.3) is 0 Å². The number of likely N-dealkylation sites (N-methyl/N-ethyl adjacent to an activating group) is 1. The van der Waals surface area contributed by atoms with Gasteiger partial charge >= 0.3 is 5.97 Å². The zero-order chi connectivity index (χ0) is 11.5. The van der Waals surface area contributed by atoms with Gasteiger partial charge < -0.3 is 9.64 Å². The van der Waals surface area contributed by atoms with E-state index in [9.17, 15) is 4.79 Å². The highest BCUT2D eigenvalue weighted by molar-refractivity contribution is 14.1. The molecule has 0 aromatic heterocycles. The first-order valence-corrected chi connectivity index (χ1v) is 6.38. The summed E-state index contributed by atoms with van der Waals surface area (Å²) in [5.74, 6) is -0.211. The molecule has 0 bridgehead atoms. The molecule has 1 aliphatic heterocycles.